The van der Waals surface area contributed by atoms with E-state index in [0.717, 1.165) is 26.9 Å². The summed E-state index contributed by atoms with van der Waals surface area (Å²) < 4.78 is 0. The zero-order valence-corrected chi connectivity index (χ0v) is 78.3. The molecule has 37 nitrogen and oxygen atoms in total. The van der Waals surface area contributed by atoms with Crippen molar-refractivity contribution in [2.24, 2.45) is 23.5 Å². The number of fused-ring (bicyclic) bond motifs is 4. The van der Waals surface area contributed by atoms with E-state index in [1.165, 1.54) is 71.9 Å². The lowest BCUT2D eigenvalue weighted by Crippen LogP contribution is -2.60. The number of amides is 16. The Morgan fingerprint density at radius 3 is 1.73 bits per heavy atom. The first kappa shape index (κ1) is 104. The van der Waals surface area contributed by atoms with Crippen LogP contribution in [0.2, 0.25) is 0 Å². The number of thioether (sulfide) groups is 1. The van der Waals surface area contributed by atoms with Crippen LogP contribution in [0.5, 0.6) is 5.75 Å². The van der Waals surface area contributed by atoms with Crippen LogP contribution in [0.3, 0.4) is 0 Å². The molecule has 0 radical (unpaired) electrons. The highest BCUT2D eigenvalue weighted by Gasteiger charge is 2.46. The third-order valence-corrected chi connectivity index (χ3v) is 25.4. The Hall–Kier alpha value is -12.0. The van der Waals surface area contributed by atoms with Crippen molar-refractivity contribution in [1.82, 2.24) is 87.2 Å². The molecule has 0 saturated carbocycles. The predicted octanol–water partition coefficient (Wildman–Crippen LogP) is 2.41. The van der Waals surface area contributed by atoms with Crippen LogP contribution in [0.15, 0.2) is 85.2 Å². The number of carbonyl (C=O) groups excluding carboxylic acids is 17. The number of rotatable bonds is 24. The average molecular weight is 1840 g/mol. The number of nitrogens with one attached hydrogen (secondary N) is 11. The lowest BCUT2D eigenvalue weighted by molar-refractivity contribution is -0.149. The van der Waals surface area contributed by atoms with Crippen molar-refractivity contribution >= 4 is 134 Å². The van der Waals surface area contributed by atoms with Crippen molar-refractivity contribution in [2.45, 2.75) is 256 Å². The molecule has 0 bridgehead atoms. The van der Waals surface area contributed by atoms with Gasteiger partial charge < -0.3 is 103 Å². The summed E-state index contributed by atoms with van der Waals surface area (Å²) in [6, 6.07) is 3.37. The second kappa shape index (κ2) is 49.9. The van der Waals surface area contributed by atoms with Crippen molar-refractivity contribution < 1.29 is 91.7 Å². The number of likely N-dealkylation sites (N-methyl/N-ethyl adjacent to an activating group) is 4. The summed E-state index contributed by atoms with van der Waals surface area (Å²) in [5.74, 6) is -16.3. The SMILES string of the molecule is CCCC[C@H]1C(=O)N(C)[C@@H](CCCC)C(=O)N[C@@H](CC(C)C)C(=O)N[C@H](C(=O)NCC(=O)N(C)CCC)CSCC(=O)N[C@@H](Cc2ccc(O)cc2)C(=O)N(C)[C@@H](C)C(=O)N[C@@H](CC(N)=O)C(=O)N2CCC[C@H]2C(=O)N[C@@H](CC)C(=O)N[C@@H](CC(C)C)C(=O)N2C[C@H](O)C[C@H]2C(=O)C[C@@H](Cc2c[nH]c3ccccc23)C(=O)NCC(=O)NC(Cc2c[nH]c3ccccc23)C(=O)N1C. The number of hydrogen-bond acceptors (Lipinski definition) is 20. The molecule has 1 unspecified atom stereocenters. The molecule has 5 heterocycles. The summed E-state index contributed by atoms with van der Waals surface area (Å²) in [6.07, 6.45) is 3.00. The van der Waals surface area contributed by atoms with Gasteiger partial charge in [0.05, 0.1) is 37.4 Å². The number of carbonyl (C=O) groups is 17. The second-order valence-electron chi connectivity index (χ2n) is 35.4. The standard InChI is InChI=1S/C93H134N18O19S/c1-14-18-29-73-87(124)102-67(38-53(5)6)86(123)105-72(84(121)98-49-81(118)106(10)36-16-3)51-131-52-80(117)100-69(40-56-32-34-60(112)35-33-56)89(126)107(11)55(9)82(119)103-71(45-78(94)115)91(128)110-37-24-31-74(110)88(125)101-64(17-4)85(122)104-68(39-54(7)8)92(129)111-50-61(113)44-76(111)77(114)43-57(41-58-46-95-65-27-22-20-25-62(58)65)83(120)97-48-79(116)99-70(42-59-47-96-66-28-23-21-26-63(59)66)90(127)109(13)75(30-19-15-2)93(130)108(73)12/h20-23,25-28,32-35,46-47,53-55,57,61,64,67-76,95-96,112-113H,14-19,24,29-31,36-45,48-52H2,1-13H3,(H2,94,115)(H,97,120)(H,98,121)(H,99,116)(H,100,117)(H,101,125)(H,102,124)(H,103,119)(H,104,122)(H,105,123)/t55-,57+,61+,64-,67-,68-,69-,70?,71-,72-,73-,74-,75-,76-/m0/s1. The molecule has 716 valence electrons. The number of benzene rings is 3. The number of phenols is 1. The summed E-state index contributed by atoms with van der Waals surface area (Å²) in [5, 5.41) is 47.6. The van der Waals surface area contributed by atoms with Crippen molar-refractivity contribution in [3.8, 4) is 5.75 Å². The molecule has 38 heteroatoms. The summed E-state index contributed by atoms with van der Waals surface area (Å²) in [4.78, 5) is 263. The molecule has 131 heavy (non-hydrogen) atoms. The van der Waals surface area contributed by atoms with Gasteiger partial charge in [-0.2, -0.15) is 0 Å². The highest BCUT2D eigenvalue weighted by atomic mass is 32.2. The summed E-state index contributed by atoms with van der Waals surface area (Å²) in [7, 11) is 5.65. The highest BCUT2D eigenvalue weighted by Crippen LogP contribution is 2.30. The highest BCUT2D eigenvalue weighted by molar-refractivity contribution is 8.00. The monoisotopic (exact) mass is 1840 g/mol. The van der Waals surface area contributed by atoms with E-state index in [9.17, 15) is 58.2 Å². The second-order valence-corrected chi connectivity index (χ2v) is 36.5. The van der Waals surface area contributed by atoms with E-state index in [4.69, 9.17) is 5.73 Å². The van der Waals surface area contributed by atoms with E-state index in [2.05, 4.69) is 57.8 Å². The molecule has 2 aromatic heterocycles. The van der Waals surface area contributed by atoms with E-state index < -0.39 is 217 Å². The fraction of sp³-hybridized carbons (Fsp3) is 0.581. The van der Waals surface area contributed by atoms with Gasteiger partial charge in [-0.3, -0.25) is 81.5 Å². The Balaban J connectivity index is 1.17. The van der Waals surface area contributed by atoms with Gasteiger partial charge in [-0.25, -0.2) is 0 Å². The van der Waals surface area contributed by atoms with Gasteiger partial charge in [0.15, 0.2) is 5.78 Å². The molecule has 3 fully saturated rings. The van der Waals surface area contributed by atoms with Crippen LogP contribution in [-0.4, -0.2) is 301 Å². The number of primary amides is 1. The Morgan fingerprint density at radius 2 is 1.12 bits per heavy atom. The quantitative estimate of drug-likeness (QED) is 0.0422. The third kappa shape index (κ3) is 29.3. The molecule has 16 amide bonds. The summed E-state index contributed by atoms with van der Waals surface area (Å²) in [5.41, 5.74) is 8.79. The fourth-order valence-electron chi connectivity index (χ4n) is 16.9. The Morgan fingerprint density at radius 1 is 0.573 bits per heavy atom. The Labute approximate surface area is 769 Å². The molecule has 0 spiro atoms. The van der Waals surface area contributed by atoms with E-state index >= 15 is 33.6 Å². The van der Waals surface area contributed by atoms with Crippen molar-refractivity contribution in [3.05, 3.63) is 102 Å². The minimum absolute atomic E-state index is 0.00245. The van der Waals surface area contributed by atoms with Crippen LogP contribution < -0.4 is 53.6 Å². The van der Waals surface area contributed by atoms with Gasteiger partial charge in [-0.1, -0.05) is 130 Å². The topological polar surface area (TPSA) is 516 Å². The summed E-state index contributed by atoms with van der Waals surface area (Å²) in [6.45, 7) is 14.4. The molecule has 3 aliphatic heterocycles. The number of phenolic OH excluding ortho intramolecular Hbond substituents is 1. The summed E-state index contributed by atoms with van der Waals surface area (Å²) >= 11 is 0.847. The number of H-pyrrole nitrogens is 2. The molecule has 3 aromatic carbocycles. The predicted molar refractivity (Wildman–Crippen MR) is 492 cm³/mol. The maximum Gasteiger partial charge on any atom is 0.246 e. The number of nitrogens with zero attached hydrogens (tertiary/aromatic N) is 6. The largest absolute Gasteiger partial charge is 0.508 e. The number of ketones is 1. The number of aromatic nitrogens is 2. The number of hydrogen-bond donors (Lipinski definition) is 14. The minimum Gasteiger partial charge on any atom is -0.508 e. The van der Waals surface area contributed by atoms with Gasteiger partial charge >= 0.3 is 0 Å². The van der Waals surface area contributed by atoms with E-state index in [1.807, 2.05) is 57.2 Å². The Bertz CT molecular complexity index is 4870. The van der Waals surface area contributed by atoms with Crippen LogP contribution in [0.1, 0.15) is 175 Å². The first-order chi connectivity index (χ1) is 62.3. The van der Waals surface area contributed by atoms with Crippen molar-refractivity contribution in [3.63, 3.8) is 0 Å². The third-order valence-electron chi connectivity index (χ3n) is 24.4. The first-order valence-corrected chi connectivity index (χ1v) is 46.7. The van der Waals surface area contributed by atoms with Gasteiger partial charge in [0.2, 0.25) is 94.5 Å². The number of unbranched alkanes of at least 4 members (excludes halogenated alkanes) is 2. The Kier molecular flexibility index (Phi) is 39.8. The number of aliphatic hydroxyl groups excluding tert-OH is 1. The smallest absolute Gasteiger partial charge is 0.246 e. The van der Waals surface area contributed by atoms with Crippen LogP contribution in [0.4, 0.5) is 0 Å². The van der Waals surface area contributed by atoms with Crippen LogP contribution in [0, 0.1) is 17.8 Å². The number of Topliss-reactive ketones (excluding diaryl/α,β-unsaturated/α-hetero) is 1. The average Bonchev–Trinajstić information content (AvgIpc) is 1.73. The number of nitrogens with two attached hydrogens (primary N) is 1. The molecule has 0 aliphatic carbocycles. The van der Waals surface area contributed by atoms with E-state index in [1.54, 1.807) is 66.2 Å². The maximum atomic E-state index is 15.6. The van der Waals surface area contributed by atoms with Crippen molar-refractivity contribution in [1.29, 1.82) is 0 Å². The van der Waals surface area contributed by atoms with E-state index in [-0.39, 0.29) is 107 Å². The molecular formula is C93H134N18O19S. The number of para-hydroxylation sites is 2. The fourth-order valence-corrected chi connectivity index (χ4v) is 17.7. The zero-order chi connectivity index (χ0) is 96.2. The van der Waals surface area contributed by atoms with Gasteiger partial charge in [-0.05, 0) is 118 Å². The number of aromatic hydroxyl groups is 1. The lowest BCUT2D eigenvalue weighted by Gasteiger charge is -2.36. The molecule has 15 N–H and O–H groups in total. The normalized spacial score (nSPS) is 24.7. The van der Waals surface area contributed by atoms with E-state index in [0.29, 0.717) is 71.8 Å². The van der Waals surface area contributed by atoms with Gasteiger partial charge in [0.25, 0.3) is 0 Å². The first-order valence-electron chi connectivity index (χ1n) is 45.5. The van der Waals surface area contributed by atoms with Crippen molar-refractivity contribution in [2.75, 3.05) is 72.4 Å². The molecule has 14 atom stereocenters. The number of aromatic amines is 2. The zero-order valence-electron chi connectivity index (χ0n) is 77.5. The van der Waals surface area contributed by atoms with Gasteiger partial charge in [0, 0.05) is 119 Å². The molecule has 3 saturated heterocycles. The molecular weight excluding hydrogens is 1710 g/mol. The minimum atomic E-state index is -1.72. The van der Waals surface area contributed by atoms with Crippen LogP contribution in [0.25, 0.3) is 21.8 Å². The van der Waals surface area contributed by atoms with Gasteiger partial charge in [-0.15, -0.1) is 11.8 Å². The lowest BCUT2D eigenvalue weighted by atomic mass is 9.90. The molecule has 5 aromatic rings. The van der Waals surface area contributed by atoms with Crippen LogP contribution in [-0.2, 0) is 101 Å². The van der Waals surface area contributed by atoms with Crippen LogP contribution >= 0.6 is 11.8 Å². The number of aliphatic hydroxyl groups is 1. The maximum absolute atomic E-state index is 15.6. The molecule has 3 aliphatic rings. The molecule has 8 rings (SSSR count). The van der Waals surface area contributed by atoms with Gasteiger partial charge in [0.1, 0.15) is 72.2 Å².